The Bertz CT molecular complexity index is 632. The van der Waals surface area contributed by atoms with Crippen molar-refractivity contribution >= 4 is 41.8 Å². The van der Waals surface area contributed by atoms with Gasteiger partial charge in [0.25, 0.3) is 5.91 Å². The Morgan fingerprint density at radius 1 is 1.19 bits per heavy atom. The molecule has 0 aliphatic rings. The third-order valence-corrected chi connectivity index (χ3v) is 3.67. The summed E-state index contributed by atoms with van der Waals surface area (Å²) in [5, 5.41) is 9.12. The van der Waals surface area contributed by atoms with E-state index < -0.39 is 0 Å². The number of rotatable bonds is 8. The van der Waals surface area contributed by atoms with Crippen molar-refractivity contribution in [2.24, 2.45) is 10.9 Å². The van der Waals surface area contributed by atoms with Crippen molar-refractivity contribution < 1.29 is 9.59 Å². The highest BCUT2D eigenvalue weighted by Gasteiger charge is 2.06. The van der Waals surface area contributed by atoms with Crippen molar-refractivity contribution in [3.8, 4) is 0 Å². The minimum atomic E-state index is -0.0946. The van der Waals surface area contributed by atoms with E-state index >= 15 is 0 Å². The fourth-order valence-electron chi connectivity index (χ4n) is 2.10. The molecule has 1 rings (SSSR count). The Morgan fingerprint density at radius 2 is 1.89 bits per heavy atom. The lowest BCUT2D eigenvalue weighted by atomic mass is 10.1. The van der Waals surface area contributed by atoms with E-state index in [1.165, 1.54) is 4.90 Å². The Balaban J connectivity index is 0.00000676. The normalized spacial score (nSPS) is 10.8. The lowest BCUT2D eigenvalue weighted by Gasteiger charge is -2.15. The monoisotopic (exact) mass is 489 g/mol. The molecule has 0 saturated carbocycles. The smallest absolute Gasteiger partial charge is 0.251 e. The number of carbonyl (C=O) groups excluding carboxylic acids is 2. The van der Waals surface area contributed by atoms with Crippen LogP contribution >= 0.6 is 24.0 Å². The van der Waals surface area contributed by atoms with E-state index in [-0.39, 0.29) is 42.3 Å². The standard InChI is InChI=1S/C19H31N5O2.HI/c1-14(2)12-22-19(23-13-17(25)24(4)5)21-10-9-15-7-6-8-16(11-15)18(26)20-3;/h6-8,11,14H,9-10,12-13H2,1-5H3,(H,20,26)(H2,21,22,23);1H. The van der Waals surface area contributed by atoms with Gasteiger partial charge in [0.1, 0.15) is 6.54 Å². The number of nitrogens with zero attached hydrogens (tertiary/aromatic N) is 2. The molecule has 0 unspecified atom stereocenters. The van der Waals surface area contributed by atoms with Gasteiger partial charge in [0, 0.05) is 39.8 Å². The molecule has 0 saturated heterocycles. The van der Waals surface area contributed by atoms with Gasteiger partial charge in [0.05, 0.1) is 0 Å². The quantitative estimate of drug-likeness (QED) is 0.294. The van der Waals surface area contributed by atoms with Crippen LogP contribution in [0, 0.1) is 5.92 Å². The molecule has 1 aromatic rings. The number of hydrogen-bond donors (Lipinski definition) is 3. The molecule has 0 aliphatic carbocycles. The predicted molar refractivity (Wildman–Crippen MR) is 121 cm³/mol. The average Bonchev–Trinajstić information content (AvgIpc) is 2.62. The van der Waals surface area contributed by atoms with Crippen molar-refractivity contribution in [2.75, 3.05) is 40.8 Å². The summed E-state index contributed by atoms with van der Waals surface area (Å²) in [6.07, 6.45) is 0.745. The van der Waals surface area contributed by atoms with E-state index in [4.69, 9.17) is 0 Å². The van der Waals surface area contributed by atoms with Gasteiger partial charge in [-0.1, -0.05) is 26.0 Å². The predicted octanol–water partition coefficient (Wildman–Crippen LogP) is 1.49. The summed E-state index contributed by atoms with van der Waals surface area (Å²) < 4.78 is 0. The van der Waals surface area contributed by atoms with Crippen LogP contribution in [0.1, 0.15) is 29.8 Å². The third-order valence-electron chi connectivity index (χ3n) is 3.67. The van der Waals surface area contributed by atoms with Gasteiger partial charge in [0.2, 0.25) is 5.91 Å². The number of aliphatic imine (C=N–C) groups is 1. The fourth-order valence-corrected chi connectivity index (χ4v) is 2.10. The van der Waals surface area contributed by atoms with Gasteiger partial charge in [-0.3, -0.25) is 9.59 Å². The molecule has 0 heterocycles. The summed E-state index contributed by atoms with van der Waals surface area (Å²) in [5.41, 5.74) is 1.71. The molecular weight excluding hydrogens is 457 g/mol. The third kappa shape index (κ3) is 10.2. The van der Waals surface area contributed by atoms with E-state index in [9.17, 15) is 9.59 Å². The molecule has 1 aromatic carbocycles. The molecule has 152 valence electrons. The van der Waals surface area contributed by atoms with Crippen LogP contribution in [0.5, 0.6) is 0 Å². The summed E-state index contributed by atoms with van der Waals surface area (Å²) in [5.74, 6) is 0.948. The first-order valence-electron chi connectivity index (χ1n) is 8.86. The molecule has 0 aromatic heterocycles. The zero-order valence-corrected chi connectivity index (χ0v) is 19.2. The molecule has 7 nitrogen and oxygen atoms in total. The number of guanidine groups is 1. The zero-order chi connectivity index (χ0) is 19.5. The van der Waals surface area contributed by atoms with Crippen molar-refractivity contribution in [3.63, 3.8) is 0 Å². The minimum absolute atomic E-state index is 0. The number of halogens is 1. The Morgan fingerprint density at radius 3 is 2.48 bits per heavy atom. The lowest BCUT2D eigenvalue weighted by Crippen LogP contribution is -2.41. The number of benzene rings is 1. The van der Waals surface area contributed by atoms with E-state index in [1.54, 1.807) is 27.2 Å². The van der Waals surface area contributed by atoms with E-state index in [0.717, 1.165) is 18.5 Å². The number of hydrogen-bond acceptors (Lipinski definition) is 3. The summed E-state index contributed by atoms with van der Waals surface area (Å²) in [6, 6.07) is 7.54. The van der Waals surface area contributed by atoms with Gasteiger partial charge in [-0.05, 0) is 30.0 Å². The fraction of sp³-hybridized carbons (Fsp3) is 0.526. The van der Waals surface area contributed by atoms with Crippen molar-refractivity contribution in [2.45, 2.75) is 20.3 Å². The molecular formula is C19H32IN5O2. The number of nitrogens with one attached hydrogen (secondary N) is 3. The molecule has 8 heteroatoms. The van der Waals surface area contributed by atoms with Gasteiger partial charge in [-0.25, -0.2) is 4.99 Å². The number of carbonyl (C=O) groups is 2. The number of likely N-dealkylation sites (N-methyl/N-ethyl adjacent to an activating group) is 1. The van der Waals surface area contributed by atoms with E-state index in [0.29, 0.717) is 24.0 Å². The van der Waals surface area contributed by atoms with Crippen LogP contribution in [0.3, 0.4) is 0 Å². The van der Waals surface area contributed by atoms with Gasteiger partial charge >= 0.3 is 0 Å². The van der Waals surface area contributed by atoms with Gasteiger partial charge < -0.3 is 20.9 Å². The second-order valence-electron chi connectivity index (χ2n) is 6.68. The lowest BCUT2D eigenvalue weighted by molar-refractivity contribution is -0.127. The maximum absolute atomic E-state index is 11.7. The van der Waals surface area contributed by atoms with Crippen LogP contribution in [0.15, 0.2) is 29.3 Å². The van der Waals surface area contributed by atoms with Gasteiger partial charge in [-0.2, -0.15) is 0 Å². The Kier molecular flexibility index (Phi) is 12.4. The first-order valence-corrected chi connectivity index (χ1v) is 8.86. The van der Waals surface area contributed by atoms with E-state index in [1.807, 2.05) is 18.2 Å². The van der Waals surface area contributed by atoms with Crippen LogP contribution in [-0.4, -0.2) is 63.5 Å². The Labute approximate surface area is 179 Å². The molecule has 0 fully saturated rings. The second-order valence-corrected chi connectivity index (χ2v) is 6.68. The van der Waals surface area contributed by atoms with E-state index in [2.05, 4.69) is 34.8 Å². The van der Waals surface area contributed by atoms with Gasteiger partial charge in [-0.15, -0.1) is 24.0 Å². The van der Waals surface area contributed by atoms with Crippen molar-refractivity contribution in [3.05, 3.63) is 35.4 Å². The van der Waals surface area contributed by atoms with Gasteiger partial charge in [0.15, 0.2) is 5.96 Å². The molecule has 2 amide bonds. The molecule has 0 spiro atoms. The van der Waals surface area contributed by atoms with Crippen molar-refractivity contribution in [1.29, 1.82) is 0 Å². The maximum atomic E-state index is 11.7. The van der Waals surface area contributed by atoms with Crippen LogP contribution < -0.4 is 16.0 Å². The largest absolute Gasteiger partial charge is 0.356 e. The summed E-state index contributed by atoms with van der Waals surface area (Å²) in [6.45, 7) is 5.75. The molecule has 3 N–H and O–H groups in total. The summed E-state index contributed by atoms with van der Waals surface area (Å²) >= 11 is 0. The second kappa shape index (κ2) is 13.3. The Hall–Kier alpha value is -1.84. The first kappa shape index (κ1) is 25.2. The number of amides is 2. The highest BCUT2D eigenvalue weighted by atomic mass is 127. The topological polar surface area (TPSA) is 85.8 Å². The average molecular weight is 489 g/mol. The highest BCUT2D eigenvalue weighted by molar-refractivity contribution is 14.0. The molecule has 0 atom stereocenters. The summed E-state index contributed by atoms with van der Waals surface area (Å²) in [7, 11) is 5.05. The summed E-state index contributed by atoms with van der Waals surface area (Å²) in [4.78, 5) is 29.3. The van der Waals surface area contributed by atoms with Crippen LogP contribution in [0.25, 0.3) is 0 Å². The van der Waals surface area contributed by atoms with Crippen LogP contribution in [-0.2, 0) is 11.2 Å². The zero-order valence-electron chi connectivity index (χ0n) is 16.8. The molecule has 0 radical (unpaired) electrons. The maximum Gasteiger partial charge on any atom is 0.251 e. The first-order chi connectivity index (χ1) is 12.3. The van der Waals surface area contributed by atoms with Crippen molar-refractivity contribution in [1.82, 2.24) is 20.9 Å². The molecule has 0 bridgehead atoms. The van der Waals surface area contributed by atoms with Crippen LogP contribution in [0.2, 0.25) is 0 Å². The molecule has 27 heavy (non-hydrogen) atoms. The highest BCUT2D eigenvalue weighted by Crippen LogP contribution is 2.05. The van der Waals surface area contributed by atoms with Crippen LogP contribution in [0.4, 0.5) is 0 Å². The SMILES string of the molecule is CNC(=O)c1cccc(CCNC(=NCC(=O)N(C)C)NCC(C)C)c1.I. The minimum Gasteiger partial charge on any atom is -0.356 e. The molecule has 0 aliphatic heterocycles.